The van der Waals surface area contributed by atoms with Crippen LogP contribution in [0, 0.1) is 0 Å². The van der Waals surface area contributed by atoms with Crippen LogP contribution in [-0.2, 0) is 9.63 Å². The molecule has 0 aromatic carbocycles. The van der Waals surface area contributed by atoms with Crippen molar-refractivity contribution < 1.29 is 14.4 Å². The second-order valence-corrected chi connectivity index (χ2v) is 5.71. The molecular weight excluding hydrogens is 242 g/mol. The third-order valence-corrected chi connectivity index (χ3v) is 3.58. The number of carbonyl (C=O) groups is 2. The van der Waals surface area contributed by atoms with Crippen LogP contribution >= 0.6 is 11.8 Å². The van der Waals surface area contributed by atoms with Crippen LogP contribution in [0.25, 0.3) is 0 Å². The molecule has 0 N–H and O–H groups in total. The van der Waals surface area contributed by atoms with E-state index in [2.05, 4.69) is 15.0 Å². The van der Waals surface area contributed by atoms with Crippen molar-refractivity contribution in [3.05, 3.63) is 0 Å². The van der Waals surface area contributed by atoms with Gasteiger partial charge in [0.25, 0.3) is 0 Å². The Hall–Kier alpha value is -1.37. The first kappa shape index (κ1) is 13.7. The number of rotatable bonds is 1. The topological polar surface area (TPSA) is 71.3 Å². The van der Waals surface area contributed by atoms with E-state index in [0.717, 1.165) is 10.6 Å². The van der Waals surface area contributed by atoms with Gasteiger partial charge >= 0.3 is 6.09 Å². The lowest BCUT2D eigenvalue weighted by molar-refractivity contribution is -0.126. The fraction of sp³-hybridized carbons (Fsp3) is 0.600. The smallest absolute Gasteiger partial charge is 0.295 e. The zero-order valence-electron chi connectivity index (χ0n) is 10.5. The predicted molar refractivity (Wildman–Crippen MR) is 67.1 cm³/mol. The summed E-state index contributed by atoms with van der Waals surface area (Å²) in [6, 6.07) is 0. The Balaban J connectivity index is 2.64. The summed E-state index contributed by atoms with van der Waals surface area (Å²) in [5, 5.41) is 4.01. The van der Waals surface area contributed by atoms with Gasteiger partial charge < -0.3 is 0 Å². The van der Waals surface area contributed by atoms with E-state index in [4.69, 9.17) is 0 Å². The van der Waals surface area contributed by atoms with Gasteiger partial charge in [0.15, 0.2) is 0 Å². The van der Waals surface area contributed by atoms with E-state index < -0.39 is 12.0 Å². The number of hydrogen-bond donors (Lipinski definition) is 0. The molecule has 1 aliphatic rings. The van der Waals surface area contributed by atoms with Crippen molar-refractivity contribution in [1.82, 2.24) is 4.90 Å². The van der Waals surface area contributed by atoms with Crippen molar-refractivity contribution in [1.29, 1.82) is 0 Å². The van der Waals surface area contributed by atoms with Crippen LogP contribution < -0.4 is 0 Å². The molecular formula is C10H15N3O3S. The molecule has 94 valence electrons. The second-order valence-electron chi connectivity index (χ2n) is 4.12. The maximum atomic E-state index is 11.3. The third-order valence-electron chi connectivity index (χ3n) is 2.43. The average Bonchev–Trinajstić information content (AvgIpc) is 2.48. The molecule has 0 fully saturated rings. The van der Waals surface area contributed by atoms with E-state index in [9.17, 15) is 9.59 Å². The van der Waals surface area contributed by atoms with Crippen LogP contribution in [0.1, 0.15) is 27.7 Å². The summed E-state index contributed by atoms with van der Waals surface area (Å²) in [5.41, 5.74) is 0.914. The van der Waals surface area contributed by atoms with E-state index in [1.54, 1.807) is 0 Å². The van der Waals surface area contributed by atoms with Gasteiger partial charge in [-0.05, 0) is 25.9 Å². The minimum atomic E-state index is -0.817. The SMILES string of the molecule is CC(=O)N(C)C(=O)ON=C1N=C(C)C(C)(C)S1. The molecule has 7 heteroatoms. The lowest BCUT2D eigenvalue weighted by Gasteiger charge is -2.14. The van der Waals surface area contributed by atoms with Crippen molar-refractivity contribution in [3.63, 3.8) is 0 Å². The van der Waals surface area contributed by atoms with Crippen molar-refractivity contribution >= 4 is 34.6 Å². The molecule has 0 saturated heterocycles. The van der Waals surface area contributed by atoms with Crippen molar-refractivity contribution in [2.24, 2.45) is 10.1 Å². The molecule has 0 atom stereocenters. The fourth-order valence-electron chi connectivity index (χ4n) is 0.910. The van der Waals surface area contributed by atoms with Gasteiger partial charge in [0.2, 0.25) is 11.1 Å². The molecule has 1 aliphatic heterocycles. The van der Waals surface area contributed by atoms with Crippen molar-refractivity contribution in [2.75, 3.05) is 7.05 Å². The summed E-state index contributed by atoms with van der Waals surface area (Å²) in [7, 11) is 1.32. The molecule has 0 unspecified atom stereocenters. The van der Waals surface area contributed by atoms with Gasteiger partial charge in [-0.15, -0.1) is 0 Å². The zero-order chi connectivity index (χ0) is 13.2. The van der Waals surface area contributed by atoms with E-state index in [-0.39, 0.29) is 4.75 Å². The number of aliphatic imine (C=N–C) groups is 1. The first-order valence-electron chi connectivity index (χ1n) is 5.02. The molecule has 2 amide bonds. The molecule has 6 nitrogen and oxygen atoms in total. The number of amidine groups is 1. The zero-order valence-corrected chi connectivity index (χ0v) is 11.3. The maximum Gasteiger partial charge on any atom is 0.442 e. The molecule has 0 radical (unpaired) electrons. The Morgan fingerprint density at radius 2 is 2.06 bits per heavy atom. The minimum Gasteiger partial charge on any atom is -0.295 e. The number of thioether (sulfide) groups is 1. The first-order valence-corrected chi connectivity index (χ1v) is 5.83. The summed E-state index contributed by atoms with van der Waals surface area (Å²) in [6.07, 6.45) is -0.817. The van der Waals surface area contributed by atoms with Gasteiger partial charge in [-0.1, -0.05) is 11.8 Å². The number of amides is 2. The number of oxime groups is 1. The third kappa shape index (κ3) is 3.29. The van der Waals surface area contributed by atoms with Crippen molar-refractivity contribution in [3.8, 4) is 0 Å². The minimum absolute atomic E-state index is 0.141. The summed E-state index contributed by atoms with van der Waals surface area (Å²) in [6.45, 7) is 7.16. The summed E-state index contributed by atoms with van der Waals surface area (Å²) in [5.74, 6) is -0.408. The second kappa shape index (κ2) is 4.87. The van der Waals surface area contributed by atoms with E-state index in [1.807, 2.05) is 20.8 Å². The Morgan fingerprint density at radius 3 is 2.47 bits per heavy atom. The molecule has 0 spiro atoms. The monoisotopic (exact) mass is 257 g/mol. The Kier molecular flexibility index (Phi) is 3.92. The molecule has 1 rings (SSSR count). The molecule has 0 aromatic heterocycles. The highest BCUT2D eigenvalue weighted by atomic mass is 32.2. The van der Waals surface area contributed by atoms with Gasteiger partial charge in [-0.25, -0.2) is 14.7 Å². The highest BCUT2D eigenvalue weighted by Gasteiger charge is 2.31. The van der Waals surface area contributed by atoms with Crippen LogP contribution in [0.15, 0.2) is 10.1 Å². The van der Waals surface area contributed by atoms with Crippen LogP contribution in [0.2, 0.25) is 0 Å². The molecule has 0 saturated carbocycles. The van der Waals surface area contributed by atoms with Crippen LogP contribution in [-0.4, -0.2) is 39.6 Å². The van der Waals surface area contributed by atoms with Gasteiger partial charge in [0, 0.05) is 19.7 Å². The Morgan fingerprint density at radius 1 is 1.47 bits per heavy atom. The van der Waals surface area contributed by atoms with Crippen LogP contribution in [0.3, 0.4) is 0 Å². The lowest BCUT2D eigenvalue weighted by atomic mass is 10.1. The predicted octanol–water partition coefficient (Wildman–Crippen LogP) is 1.86. The largest absolute Gasteiger partial charge is 0.442 e. The van der Waals surface area contributed by atoms with E-state index >= 15 is 0 Å². The van der Waals surface area contributed by atoms with E-state index in [1.165, 1.54) is 25.7 Å². The number of nitrogens with zero attached hydrogens (tertiary/aromatic N) is 3. The maximum absolute atomic E-state index is 11.3. The average molecular weight is 257 g/mol. The molecule has 0 bridgehead atoms. The summed E-state index contributed by atoms with van der Waals surface area (Å²) >= 11 is 1.40. The van der Waals surface area contributed by atoms with Gasteiger partial charge in [-0.2, -0.15) is 0 Å². The highest BCUT2D eigenvalue weighted by molar-refractivity contribution is 8.16. The molecule has 1 heterocycles. The number of imide groups is 1. The lowest BCUT2D eigenvalue weighted by Crippen LogP contribution is -2.30. The number of carbonyl (C=O) groups excluding carboxylic acids is 2. The fourth-order valence-corrected chi connectivity index (χ4v) is 1.82. The van der Waals surface area contributed by atoms with Crippen LogP contribution in [0.4, 0.5) is 4.79 Å². The quantitative estimate of drug-likeness (QED) is 0.531. The number of hydrogen-bond acceptors (Lipinski definition) is 5. The highest BCUT2D eigenvalue weighted by Crippen LogP contribution is 2.33. The van der Waals surface area contributed by atoms with E-state index in [0.29, 0.717) is 5.17 Å². The van der Waals surface area contributed by atoms with Gasteiger partial charge in [-0.3, -0.25) is 9.63 Å². The summed E-state index contributed by atoms with van der Waals surface area (Å²) in [4.78, 5) is 31.8. The molecule has 0 aromatic rings. The Labute approximate surface area is 104 Å². The summed E-state index contributed by atoms with van der Waals surface area (Å²) < 4.78 is -0.141. The van der Waals surface area contributed by atoms with Gasteiger partial charge in [0.05, 0.1) is 4.75 Å². The van der Waals surface area contributed by atoms with Crippen LogP contribution in [0.5, 0.6) is 0 Å². The first-order chi connectivity index (χ1) is 7.74. The molecule has 0 aliphatic carbocycles. The molecule has 17 heavy (non-hydrogen) atoms. The Bertz CT molecular complexity index is 415. The van der Waals surface area contributed by atoms with Crippen molar-refractivity contribution in [2.45, 2.75) is 32.4 Å². The van der Waals surface area contributed by atoms with Gasteiger partial charge in [0.1, 0.15) is 0 Å². The standard InChI is InChI=1S/C10H15N3O3S/c1-6-10(3,4)17-8(11-6)12-16-9(15)13(5)7(2)14/h1-5H3. The normalized spacial score (nSPS) is 20.1.